The molecule has 4 saturated heterocycles. The molecular formula is C45H48N4O7. The Hall–Kier alpha value is -5.49. The number of pyridine rings is 1. The minimum atomic E-state index is -1.09. The molecule has 11 heteroatoms. The number of aromatic hydroxyl groups is 1. The minimum absolute atomic E-state index is 0.0130. The fourth-order valence-corrected chi connectivity index (χ4v) is 9.22. The Morgan fingerprint density at radius 3 is 2.30 bits per heavy atom. The van der Waals surface area contributed by atoms with Crippen LogP contribution in [0.4, 0.5) is 0 Å². The van der Waals surface area contributed by atoms with Crippen molar-refractivity contribution < 1.29 is 29.6 Å². The predicted molar refractivity (Wildman–Crippen MR) is 212 cm³/mol. The molecule has 4 aliphatic rings. The number of hydrogen-bond acceptors (Lipinski definition) is 8. The number of aliphatic carboxylic acids is 1. The highest BCUT2D eigenvalue weighted by Gasteiger charge is 2.64. The number of carbonyl (C=O) groups is 2. The summed E-state index contributed by atoms with van der Waals surface area (Å²) >= 11 is 0. The van der Waals surface area contributed by atoms with Crippen molar-refractivity contribution in [3.05, 3.63) is 141 Å². The molecule has 0 aliphatic carbocycles. The van der Waals surface area contributed by atoms with Gasteiger partial charge in [-0.1, -0.05) is 72.8 Å². The van der Waals surface area contributed by atoms with Gasteiger partial charge in [0.2, 0.25) is 11.5 Å². The van der Waals surface area contributed by atoms with Gasteiger partial charge in [-0.05, 0) is 96.3 Å². The number of aliphatic hydroxyl groups excluding tert-OH is 1. The maximum atomic E-state index is 13.8. The monoisotopic (exact) mass is 756 g/mol. The number of phenolic OH excluding ortho intramolecular Hbond substituents is 1. The first-order chi connectivity index (χ1) is 27.2. The van der Waals surface area contributed by atoms with Crippen molar-refractivity contribution in [2.75, 3.05) is 32.7 Å². The number of piperidine rings is 3. The molecule has 0 spiro atoms. The lowest BCUT2D eigenvalue weighted by Gasteiger charge is -2.62. The van der Waals surface area contributed by atoms with Crippen molar-refractivity contribution in [2.24, 2.45) is 11.8 Å². The van der Waals surface area contributed by atoms with Crippen LogP contribution < -0.4 is 15.6 Å². The molecule has 5 aromatic rings. The maximum absolute atomic E-state index is 13.8. The van der Waals surface area contributed by atoms with Gasteiger partial charge in [0.05, 0.1) is 17.7 Å². The number of aliphatic hydroxyl groups is 1. The average Bonchev–Trinajstić information content (AvgIpc) is 3.21. The van der Waals surface area contributed by atoms with Gasteiger partial charge < -0.3 is 40.2 Å². The number of nitrogens with zero attached hydrogens (tertiary/aromatic N) is 2. The molecule has 290 valence electrons. The summed E-state index contributed by atoms with van der Waals surface area (Å²) in [5, 5.41) is 35.5. The lowest BCUT2D eigenvalue weighted by atomic mass is 9.58. The second kappa shape index (κ2) is 15.9. The van der Waals surface area contributed by atoms with Crippen molar-refractivity contribution >= 4 is 22.8 Å². The summed E-state index contributed by atoms with van der Waals surface area (Å²) in [6.07, 6.45) is 2.16. The molecule has 2 unspecified atom stereocenters. The molecule has 2 bridgehead atoms. The molecule has 4 aliphatic heterocycles. The van der Waals surface area contributed by atoms with Crippen LogP contribution in [0.1, 0.15) is 53.2 Å². The van der Waals surface area contributed by atoms with Crippen LogP contribution in [0.5, 0.6) is 11.5 Å². The fraction of sp³-hybridized carbons (Fsp3) is 0.356. The molecule has 11 nitrogen and oxygen atoms in total. The normalized spacial score (nSPS) is 23.4. The van der Waals surface area contributed by atoms with Gasteiger partial charge in [-0.25, -0.2) is 0 Å². The number of aromatic nitrogens is 1. The summed E-state index contributed by atoms with van der Waals surface area (Å²) in [6, 6.07) is 31.1. The number of phenols is 1. The van der Waals surface area contributed by atoms with E-state index in [-0.39, 0.29) is 42.3 Å². The van der Waals surface area contributed by atoms with Gasteiger partial charge in [0.15, 0.2) is 0 Å². The number of aryl methyl sites for hydroxylation is 1. The van der Waals surface area contributed by atoms with E-state index in [1.807, 2.05) is 83.8 Å². The Balaban J connectivity index is 0.822. The number of hydrogen-bond donors (Lipinski definition) is 5. The molecule has 0 radical (unpaired) electrons. The summed E-state index contributed by atoms with van der Waals surface area (Å²) in [6.45, 7) is 4.38. The highest BCUT2D eigenvalue weighted by Crippen LogP contribution is 2.50. The van der Waals surface area contributed by atoms with E-state index in [0.717, 1.165) is 60.5 Å². The highest BCUT2D eigenvalue weighted by atomic mass is 16.5. The summed E-state index contributed by atoms with van der Waals surface area (Å²) in [4.78, 5) is 45.5. The Morgan fingerprint density at radius 1 is 0.893 bits per heavy atom. The van der Waals surface area contributed by atoms with Crippen molar-refractivity contribution in [3.8, 4) is 11.5 Å². The van der Waals surface area contributed by atoms with Crippen LogP contribution in [0.25, 0.3) is 10.9 Å². The fourth-order valence-electron chi connectivity index (χ4n) is 9.22. The summed E-state index contributed by atoms with van der Waals surface area (Å²) < 4.78 is 6.06. The third-order valence-corrected chi connectivity index (χ3v) is 12.3. The van der Waals surface area contributed by atoms with Crippen LogP contribution in [0.15, 0.2) is 108 Å². The average molecular weight is 757 g/mol. The number of benzene rings is 4. The minimum Gasteiger partial charge on any atom is -0.506 e. The molecule has 9 rings (SSSR count). The number of ether oxygens (including phenoxy) is 1. The number of likely N-dealkylation sites (tertiary alicyclic amines) is 1. The van der Waals surface area contributed by atoms with Crippen LogP contribution in [0.3, 0.4) is 0 Å². The van der Waals surface area contributed by atoms with Gasteiger partial charge in [-0.3, -0.25) is 14.4 Å². The zero-order chi connectivity index (χ0) is 38.8. The summed E-state index contributed by atoms with van der Waals surface area (Å²) in [5.74, 6) is 0.436. The number of aromatic amines is 1. The molecule has 4 aromatic carbocycles. The number of amides is 1. The molecule has 1 aromatic heterocycles. The lowest BCUT2D eigenvalue weighted by molar-refractivity contribution is -0.175. The van der Waals surface area contributed by atoms with Crippen LogP contribution in [-0.2, 0) is 34.6 Å². The van der Waals surface area contributed by atoms with Crippen molar-refractivity contribution in [3.63, 3.8) is 0 Å². The summed E-state index contributed by atoms with van der Waals surface area (Å²) in [7, 11) is 0. The first-order valence-corrected chi connectivity index (χ1v) is 19.5. The standard InChI is InChI=1S/C45H48N4O7/c50-38-17-15-35(36-16-18-40(52)47-42(36)38)39(51)25-46-24-30-6-8-31(9-7-30)27-56-34-13-10-29(11-14-34)12-19-41(53)49-28-45(44(54)55,33-4-2-1-3-5-33)43(49)37-26-48-22-20-32(37)21-23-48/h1-11,13-18,32,37,39,43,46,50-51H,12,19-28H2,(H,47,52)(H,54,55)/t37?,39-,43+,45?/m0/s1. The number of carboxylic acids is 1. The van der Waals surface area contributed by atoms with Gasteiger partial charge >= 0.3 is 5.97 Å². The number of nitrogens with one attached hydrogen (secondary N) is 2. The quantitative estimate of drug-likeness (QED) is 0.104. The van der Waals surface area contributed by atoms with Crippen LogP contribution in [0.2, 0.25) is 0 Å². The van der Waals surface area contributed by atoms with Gasteiger partial charge in [-0.2, -0.15) is 0 Å². The van der Waals surface area contributed by atoms with Crippen LogP contribution in [0, 0.1) is 11.8 Å². The smallest absolute Gasteiger partial charge is 0.318 e. The zero-order valence-electron chi connectivity index (χ0n) is 31.3. The first kappa shape index (κ1) is 37.4. The molecule has 5 N–H and O–H groups in total. The van der Waals surface area contributed by atoms with E-state index in [1.165, 1.54) is 12.1 Å². The number of rotatable bonds is 14. The van der Waals surface area contributed by atoms with Gasteiger partial charge in [0, 0.05) is 44.1 Å². The number of H-pyrrole nitrogens is 1. The molecular weight excluding hydrogens is 709 g/mol. The lowest BCUT2D eigenvalue weighted by Crippen LogP contribution is -2.76. The van der Waals surface area contributed by atoms with Gasteiger partial charge in [0.25, 0.3) is 0 Å². The highest BCUT2D eigenvalue weighted by molar-refractivity contribution is 5.90. The Bertz CT molecular complexity index is 2240. The van der Waals surface area contributed by atoms with E-state index in [2.05, 4.69) is 15.2 Å². The van der Waals surface area contributed by atoms with Crippen LogP contribution in [-0.4, -0.2) is 80.7 Å². The van der Waals surface area contributed by atoms with Crippen molar-refractivity contribution in [1.29, 1.82) is 0 Å². The first-order valence-electron chi connectivity index (χ1n) is 19.5. The largest absolute Gasteiger partial charge is 0.506 e. The molecule has 0 saturated carbocycles. The van der Waals surface area contributed by atoms with Gasteiger partial charge in [0.1, 0.15) is 23.5 Å². The SMILES string of the molecule is O=C(CCc1ccc(OCc2ccc(CNC[C@H](O)c3ccc(O)c4[nH]c(=O)ccc34)cc2)cc1)N1CC(C(=O)O)(c2ccccc2)[C@H]1C1CN2CCC1CC2. The molecule has 5 heterocycles. The molecule has 1 amide bonds. The zero-order valence-corrected chi connectivity index (χ0v) is 31.3. The number of carboxylic acid groups (broad SMARTS) is 1. The van der Waals surface area contributed by atoms with Crippen molar-refractivity contribution in [1.82, 2.24) is 20.1 Å². The molecule has 4 fully saturated rings. The van der Waals surface area contributed by atoms with E-state index < -0.39 is 17.5 Å². The van der Waals surface area contributed by atoms with E-state index >= 15 is 0 Å². The van der Waals surface area contributed by atoms with E-state index in [0.29, 0.717) is 48.4 Å². The van der Waals surface area contributed by atoms with E-state index in [9.17, 15) is 29.7 Å². The third-order valence-electron chi connectivity index (χ3n) is 12.3. The van der Waals surface area contributed by atoms with Gasteiger partial charge in [-0.15, -0.1) is 0 Å². The summed E-state index contributed by atoms with van der Waals surface area (Å²) in [5.41, 5.74) is 3.37. The second-order valence-electron chi connectivity index (χ2n) is 15.6. The Kier molecular flexibility index (Phi) is 10.7. The van der Waals surface area contributed by atoms with Crippen LogP contribution >= 0.6 is 0 Å². The number of fused-ring (bicyclic) bond motifs is 4. The third kappa shape index (κ3) is 7.42. The second-order valence-corrected chi connectivity index (χ2v) is 15.6. The molecule has 56 heavy (non-hydrogen) atoms. The Labute approximate surface area is 325 Å². The predicted octanol–water partition coefficient (Wildman–Crippen LogP) is 5.14. The Morgan fingerprint density at radius 2 is 1.61 bits per heavy atom. The number of carbonyl (C=O) groups excluding carboxylic acids is 1. The maximum Gasteiger partial charge on any atom is 0.318 e. The van der Waals surface area contributed by atoms with Crippen molar-refractivity contribution in [2.45, 2.75) is 56.4 Å². The van der Waals surface area contributed by atoms with E-state index in [4.69, 9.17) is 4.74 Å². The van der Waals surface area contributed by atoms with E-state index in [1.54, 1.807) is 12.1 Å². The topological polar surface area (TPSA) is 155 Å². The molecule has 4 atom stereocenters.